The second kappa shape index (κ2) is 3.76. The van der Waals surface area contributed by atoms with Gasteiger partial charge >= 0.3 is 0 Å². The van der Waals surface area contributed by atoms with Crippen LogP contribution in [0.4, 0.5) is 14.6 Å². The standard InChI is InChI=1S/C12H15F2N3O/c1-16-10-6-9(5-8-7-12(8,13)14)15-17(10)4-2-3-11(16)18/h6,8H,2-5,7H2,1H3/t8-/m1/s1. The first-order valence-corrected chi connectivity index (χ1v) is 6.18. The summed E-state index contributed by atoms with van der Waals surface area (Å²) in [6.07, 6.45) is 1.52. The molecular formula is C12H15F2N3O. The smallest absolute Gasteiger partial charge is 0.252 e. The van der Waals surface area contributed by atoms with Crippen LogP contribution in [0.15, 0.2) is 6.07 Å². The summed E-state index contributed by atoms with van der Waals surface area (Å²) in [6, 6.07) is 1.76. The van der Waals surface area contributed by atoms with E-state index in [1.54, 1.807) is 22.7 Å². The number of halogens is 2. The van der Waals surface area contributed by atoms with Gasteiger partial charge in [-0.05, 0) is 6.42 Å². The zero-order chi connectivity index (χ0) is 12.9. The highest BCUT2D eigenvalue weighted by Crippen LogP contribution is 2.50. The third-order valence-electron chi connectivity index (χ3n) is 3.70. The Labute approximate surface area is 104 Å². The number of hydrogen-bond acceptors (Lipinski definition) is 2. The Bertz CT molecular complexity index is 498. The van der Waals surface area contributed by atoms with Crippen molar-refractivity contribution in [2.45, 2.75) is 38.2 Å². The Kier molecular flexibility index (Phi) is 2.43. The molecule has 1 aliphatic carbocycles. The molecule has 2 heterocycles. The van der Waals surface area contributed by atoms with E-state index in [-0.39, 0.29) is 12.3 Å². The third kappa shape index (κ3) is 1.89. The number of fused-ring (bicyclic) bond motifs is 1. The Hall–Kier alpha value is -1.46. The minimum absolute atomic E-state index is 0.0377. The van der Waals surface area contributed by atoms with Crippen molar-refractivity contribution in [1.82, 2.24) is 9.78 Å². The van der Waals surface area contributed by atoms with Gasteiger partial charge in [0.2, 0.25) is 5.91 Å². The summed E-state index contributed by atoms with van der Waals surface area (Å²) in [7, 11) is 1.71. The van der Waals surface area contributed by atoms with Crippen LogP contribution in [0.5, 0.6) is 0 Å². The van der Waals surface area contributed by atoms with Crippen LogP contribution in [0.3, 0.4) is 0 Å². The number of aromatic nitrogens is 2. The molecule has 0 unspecified atom stereocenters. The highest BCUT2D eigenvalue weighted by Gasteiger charge is 2.56. The number of rotatable bonds is 2. The zero-order valence-corrected chi connectivity index (χ0v) is 10.2. The lowest BCUT2D eigenvalue weighted by Gasteiger charge is -2.13. The lowest BCUT2D eigenvalue weighted by molar-refractivity contribution is -0.118. The molecule has 1 amide bonds. The number of amides is 1. The lowest BCUT2D eigenvalue weighted by atomic mass is 10.2. The van der Waals surface area contributed by atoms with E-state index in [1.807, 2.05) is 0 Å². The molecule has 0 N–H and O–H groups in total. The molecule has 1 aliphatic heterocycles. The molecule has 1 atom stereocenters. The van der Waals surface area contributed by atoms with E-state index < -0.39 is 11.8 Å². The van der Waals surface area contributed by atoms with Crippen molar-refractivity contribution < 1.29 is 13.6 Å². The minimum Gasteiger partial charge on any atom is -0.300 e. The molecule has 98 valence electrons. The first kappa shape index (κ1) is 11.6. The van der Waals surface area contributed by atoms with Gasteiger partial charge in [-0.2, -0.15) is 5.10 Å². The number of carbonyl (C=O) groups excluding carboxylic acids is 1. The maximum atomic E-state index is 12.9. The average Bonchev–Trinajstić information content (AvgIpc) is 2.75. The number of nitrogens with zero attached hydrogens (tertiary/aromatic N) is 3. The molecule has 2 aliphatic rings. The van der Waals surface area contributed by atoms with Crippen LogP contribution in [0, 0.1) is 5.92 Å². The Balaban J connectivity index is 1.81. The summed E-state index contributed by atoms with van der Waals surface area (Å²) in [6.45, 7) is 0.673. The van der Waals surface area contributed by atoms with Crippen molar-refractivity contribution in [2.75, 3.05) is 11.9 Å². The zero-order valence-electron chi connectivity index (χ0n) is 10.2. The molecule has 0 spiro atoms. The van der Waals surface area contributed by atoms with Gasteiger partial charge in [0.1, 0.15) is 5.82 Å². The fraction of sp³-hybridized carbons (Fsp3) is 0.667. The van der Waals surface area contributed by atoms with E-state index in [0.717, 1.165) is 12.2 Å². The fourth-order valence-electron chi connectivity index (χ4n) is 2.41. The summed E-state index contributed by atoms with van der Waals surface area (Å²) >= 11 is 0. The van der Waals surface area contributed by atoms with E-state index in [0.29, 0.717) is 25.1 Å². The van der Waals surface area contributed by atoms with Gasteiger partial charge in [0.15, 0.2) is 0 Å². The van der Waals surface area contributed by atoms with Crippen molar-refractivity contribution in [3.8, 4) is 0 Å². The van der Waals surface area contributed by atoms with Crippen molar-refractivity contribution in [2.24, 2.45) is 5.92 Å². The van der Waals surface area contributed by atoms with Crippen LogP contribution in [0.25, 0.3) is 0 Å². The first-order valence-electron chi connectivity index (χ1n) is 6.18. The van der Waals surface area contributed by atoms with Gasteiger partial charge in [0, 0.05) is 44.8 Å². The third-order valence-corrected chi connectivity index (χ3v) is 3.70. The van der Waals surface area contributed by atoms with E-state index in [2.05, 4.69) is 5.10 Å². The molecule has 0 radical (unpaired) electrons. The number of carbonyl (C=O) groups is 1. The Morgan fingerprint density at radius 1 is 1.56 bits per heavy atom. The number of hydrogen-bond donors (Lipinski definition) is 0. The van der Waals surface area contributed by atoms with Gasteiger partial charge in [-0.15, -0.1) is 0 Å². The van der Waals surface area contributed by atoms with Crippen LogP contribution in [0.2, 0.25) is 0 Å². The van der Waals surface area contributed by atoms with Crippen LogP contribution in [-0.4, -0.2) is 28.7 Å². The molecular weight excluding hydrogens is 240 g/mol. The number of anilines is 1. The van der Waals surface area contributed by atoms with Crippen molar-refractivity contribution in [1.29, 1.82) is 0 Å². The molecule has 0 aromatic carbocycles. The van der Waals surface area contributed by atoms with Gasteiger partial charge in [-0.1, -0.05) is 0 Å². The highest BCUT2D eigenvalue weighted by atomic mass is 19.3. The molecule has 1 saturated carbocycles. The molecule has 6 heteroatoms. The second-order valence-corrected chi connectivity index (χ2v) is 5.14. The summed E-state index contributed by atoms with van der Waals surface area (Å²) in [5.74, 6) is -2.31. The number of aryl methyl sites for hydroxylation is 1. The highest BCUT2D eigenvalue weighted by molar-refractivity contribution is 5.92. The molecule has 18 heavy (non-hydrogen) atoms. The van der Waals surface area contributed by atoms with Crippen LogP contribution in [0.1, 0.15) is 25.0 Å². The maximum Gasteiger partial charge on any atom is 0.252 e. The second-order valence-electron chi connectivity index (χ2n) is 5.14. The number of alkyl halides is 2. The van der Waals surface area contributed by atoms with Gasteiger partial charge in [0.25, 0.3) is 5.92 Å². The molecule has 4 nitrogen and oxygen atoms in total. The summed E-state index contributed by atoms with van der Waals surface area (Å²) in [5.41, 5.74) is 0.661. The summed E-state index contributed by atoms with van der Waals surface area (Å²) < 4.78 is 27.5. The predicted molar refractivity (Wildman–Crippen MR) is 61.6 cm³/mol. The largest absolute Gasteiger partial charge is 0.300 e. The SMILES string of the molecule is CN1C(=O)CCCn2nc(C[C@@H]3CC3(F)F)cc21. The summed E-state index contributed by atoms with van der Waals surface area (Å²) in [4.78, 5) is 13.3. The summed E-state index contributed by atoms with van der Waals surface area (Å²) in [5, 5.41) is 4.33. The molecule has 1 aromatic heterocycles. The molecule has 3 rings (SSSR count). The van der Waals surface area contributed by atoms with Gasteiger partial charge in [0.05, 0.1) is 5.69 Å². The minimum atomic E-state index is -2.51. The normalized spacial score (nSPS) is 25.8. The van der Waals surface area contributed by atoms with Crippen molar-refractivity contribution >= 4 is 11.7 Å². The van der Waals surface area contributed by atoms with E-state index in [4.69, 9.17) is 0 Å². The quantitative estimate of drug-likeness (QED) is 0.808. The van der Waals surface area contributed by atoms with E-state index in [1.165, 1.54) is 0 Å². The fourth-order valence-corrected chi connectivity index (χ4v) is 2.41. The molecule has 1 aromatic rings. The Morgan fingerprint density at radius 3 is 2.94 bits per heavy atom. The van der Waals surface area contributed by atoms with Crippen molar-refractivity contribution in [3.63, 3.8) is 0 Å². The van der Waals surface area contributed by atoms with Crippen LogP contribution >= 0.6 is 0 Å². The van der Waals surface area contributed by atoms with E-state index in [9.17, 15) is 13.6 Å². The van der Waals surface area contributed by atoms with Gasteiger partial charge in [-0.25, -0.2) is 13.5 Å². The molecule has 1 fully saturated rings. The average molecular weight is 255 g/mol. The maximum absolute atomic E-state index is 12.9. The molecule has 0 saturated heterocycles. The monoisotopic (exact) mass is 255 g/mol. The van der Waals surface area contributed by atoms with E-state index >= 15 is 0 Å². The Morgan fingerprint density at radius 2 is 2.28 bits per heavy atom. The topological polar surface area (TPSA) is 38.1 Å². The predicted octanol–water partition coefficient (Wildman–Crippen LogP) is 1.84. The van der Waals surface area contributed by atoms with Crippen molar-refractivity contribution in [3.05, 3.63) is 11.8 Å². The van der Waals surface area contributed by atoms with Gasteiger partial charge in [-0.3, -0.25) is 4.79 Å². The molecule has 0 bridgehead atoms. The lowest BCUT2D eigenvalue weighted by Crippen LogP contribution is -2.25. The van der Waals surface area contributed by atoms with Gasteiger partial charge < -0.3 is 4.90 Å². The van der Waals surface area contributed by atoms with Crippen LogP contribution in [-0.2, 0) is 17.8 Å². The van der Waals surface area contributed by atoms with Crippen LogP contribution < -0.4 is 4.90 Å². The first-order chi connectivity index (χ1) is 8.47.